The van der Waals surface area contributed by atoms with E-state index in [2.05, 4.69) is 57.0 Å². The summed E-state index contributed by atoms with van der Waals surface area (Å²) in [5.74, 6) is 0.185. The van der Waals surface area contributed by atoms with Gasteiger partial charge in [0.15, 0.2) is 0 Å². The van der Waals surface area contributed by atoms with Crippen molar-refractivity contribution < 1.29 is 9.18 Å². The van der Waals surface area contributed by atoms with Crippen LogP contribution >= 0.6 is 22.6 Å². The lowest BCUT2D eigenvalue weighted by atomic mass is 9.93. The molecule has 0 spiro atoms. The summed E-state index contributed by atoms with van der Waals surface area (Å²) in [4.78, 5) is 31.3. The molecule has 0 saturated carbocycles. The van der Waals surface area contributed by atoms with Gasteiger partial charge in [-0.1, -0.05) is 46.9 Å². The van der Waals surface area contributed by atoms with E-state index in [9.17, 15) is 9.18 Å². The summed E-state index contributed by atoms with van der Waals surface area (Å²) in [5, 5.41) is 3.28. The lowest BCUT2D eigenvalue weighted by Gasteiger charge is -2.32. The normalized spacial score (nSPS) is 15.1. The molecular formula is C31H28FIN6O. The standard InChI is InChI=1S/C31H28FIN6O/c1-38-12-14-39(15-13-38)30(40)21-7-9-23(10-8-21)36-31-35-19-22-18-34-29(25-4-2-3-5-27(25)32)26-16-20(17-33)6-11-24(26)28(22)37-31/h2-11,16,19H,12-15,17-18H2,1H3,(H,35,36,37). The molecule has 6 rings (SSSR count). The van der Waals surface area contributed by atoms with Crippen LogP contribution < -0.4 is 5.32 Å². The van der Waals surface area contributed by atoms with Gasteiger partial charge in [-0.3, -0.25) is 9.79 Å². The third-order valence-corrected chi connectivity index (χ3v) is 8.21. The smallest absolute Gasteiger partial charge is 0.253 e. The Morgan fingerprint density at radius 3 is 2.50 bits per heavy atom. The molecule has 1 aromatic heterocycles. The SMILES string of the molecule is CN1CCN(C(=O)c2ccc(Nc3ncc4c(n3)-c3ccc(CI)cc3C(c3ccccc3F)=NC4)cc2)CC1. The van der Waals surface area contributed by atoms with Crippen LogP contribution in [-0.2, 0) is 11.0 Å². The van der Waals surface area contributed by atoms with E-state index >= 15 is 0 Å². The lowest BCUT2D eigenvalue weighted by molar-refractivity contribution is 0.0664. The molecule has 0 atom stereocenters. The van der Waals surface area contributed by atoms with E-state index in [4.69, 9.17) is 9.98 Å². The van der Waals surface area contributed by atoms with Gasteiger partial charge in [-0.2, -0.15) is 0 Å². The van der Waals surface area contributed by atoms with Crippen LogP contribution in [0.1, 0.15) is 32.6 Å². The highest BCUT2D eigenvalue weighted by molar-refractivity contribution is 14.1. The Bertz CT molecular complexity index is 1600. The molecule has 9 heteroatoms. The molecular weight excluding hydrogens is 618 g/mol. The number of likely N-dealkylation sites (N-methyl/N-ethyl adjacent to an activating group) is 1. The van der Waals surface area contributed by atoms with E-state index in [0.29, 0.717) is 29.3 Å². The summed E-state index contributed by atoms with van der Waals surface area (Å²) >= 11 is 2.33. The summed E-state index contributed by atoms with van der Waals surface area (Å²) < 4.78 is 15.7. The number of amides is 1. The molecule has 3 heterocycles. The van der Waals surface area contributed by atoms with Crippen LogP contribution in [0.5, 0.6) is 0 Å². The van der Waals surface area contributed by atoms with Gasteiger partial charge in [-0.05, 0) is 55.1 Å². The van der Waals surface area contributed by atoms with Crippen molar-refractivity contribution in [1.29, 1.82) is 0 Å². The first-order chi connectivity index (χ1) is 19.5. The van der Waals surface area contributed by atoms with Gasteiger partial charge in [0.2, 0.25) is 5.95 Å². The number of fused-ring (bicyclic) bond motifs is 3. The van der Waals surface area contributed by atoms with Crippen molar-refractivity contribution in [2.75, 3.05) is 38.5 Å². The number of nitrogens with one attached hydrogen (secondary N) is 1. The number of piperazine rings is 1. The van der Waals surface area contributed by atoms with Crippen LogP contribution in [0.4, 0.5) is 16.0 Å². The number of carbonyl (C=O) groups is 1. The maximum atomic E-state index is 14.9. The Hall–Kier alpha value is -3.70. The van der Waals surface area contributed by atoms with Crippen molar-refractivity contribution in [2.45, 2.75) is 11.0 Å². The van der Waals surface area contributed by atoms with Crippen LogP contribution in [0.3, 0.4) is 0 Å². The first-order valence-corrected chi connectivity index (χ1v) is 14.7. The minimum atomic E-state index is -0.305. The summed E-state index contributed by atoms with van der Waals surface area (Å²) in [6, 6.07) is 20.3. The van der Waals surface area contributed by atoms with Crippen LogP contribution in [-0.4, -0.2) is 64.6 Å². The van der Waals surface area contributed by atoms with Crippen molar-refractivity contribution in [3.05, 3.63) is 107 Å². The molecule has 0 aliphatic carbocycles. The number of carbonyl (C=O) groups excluding carboxylic acids is 1. The number of alkyl halides is 1. The average Bonchev–Trinajstić information content (AvgIpc) is 3.14. The Balaban J connectivity index is 1.29. The van der Waals surface area contributed by atoms with E-state index in [1.54, 1.807) is 18.3 Å². The predicted molar refractivity (Wildman–Crippen MR) is 164 cm³/mol. The number of hydrogen-bond acceptors (Lipinski definition) is 6. The number of halogens is 2. The number of aromatic nitrogens is 2. The van der Waals surface area contributed by atoms with Gasteiger partial charge in [0.05, 0.1) is 18.0 Å². The number of anilines is 2. The minimum absolute atomic E-state index is 0.0501. The predicted octanol–water partition coefficient (Wildman–Crippen LogP) is 5.70. The van der Waals surface area contributed by atoms with E-state index in [1.165, 1.54) is 6.07 Å². The Morgan fingerprint density at radius 2 is 1.75 bits per heavy atom. The van der Waals surface area contributed by atoms with Crippen LogP contribution in [0.25, 0.3) is 11.3 Å². The molecule has 0 unspecified atom stereocenters. The first-order valence-electron chi connectivity index (χ1n) is 13.2. The third kappa shape index (κ3) is 5.35. The van der Waals surface area contributed by atoms with E-state index in [0.717, 1.165) is 64.2 Å². The molecule has 1 N–H and O–H groups in total. The molecule has 202 valence electrons. The first kappa shape index (κ1) is 26.5. The quantitative estimate of drug-likeness (QED) is 0.223. The Labute approximate surface area is 246 Å². The molecule has 2 aliphatic rings. The molecule has 0 radical (unpaired) electrons. The second-order valence-electron chi connectivity index (χ2n) is 10.0. The maximum absolute atomic E-state index is 14.9. The molecule has 3 aromatic carbocycles. The number of benzene rings is 3. The van der Waals surface area contributed by atoms with Crippen molar-refractivity contribution in [3.8, 4) is 11.3 Å². The van der Waals surface area contributed by atoms with Crippen molar-refractivity contribution >= 4 is 45.8 Å². The third-order valence-electron chi connectivity index (χ3n) is 7.33. The molecule has 7 nitrogen and oxygen atoms in total. The van der Waals surface area contributed by atoms with Crippen LogP contribution in [0.2, 0.25) is 0 Å². The zero-order valence-electron chi connectivity index (χ0n) is 22.1. The highest BCUT2D eigenvalue weighted by Crippen LogP contribution is 2.33. The molecule has 0 bridgehead atoms. The number of aliphatic imine (C=N–C) groups is 1. The second kappa shape index (κ2) is 11.4. The van der Waals surface area contributed by atoms with Crippen molar-refractivity contribution in [1.82, 2.24) is 19.8 Å². The van der Waals surface area contributed by atoms with E-state index in [1.807, 2.05) is 41.3 Å². The van der Waals surface area contributed by atoms with Gasteiger partial charge in [-0.25, -0.2) is 14.4 Å². The summed E-state index contributed by atoms with van der Waals surface area (Å²) in [7, 11) is 2.07. The number of hydrogen-bond donors (Lipinski definition) is 1. The highest BCUT2D eigenvalue weighted by atomic mass is 127. The van der Waals surface area contributed by atoms with Gasteiger partial charge < -0.3 is 15.1 Å². The fraction of sp³-hybridized carbons (Fsp3) is 0.226. The maximum Gasteiger partial charge on any atom is 0.253 e. The molecule has 1 saturated heterocycles. The molecule has 1 fully saturated rings. The summed E-state index contributed by atoms with van der Waals surface area (Å²) in [6.07, 6.45) is 1.78. The zero-order valence-corrected chi connectivity index (χ0v) is 24.2. The van der Waals surface area contributed by atoms with Gasteiger partial charge >= 0.3 is 0 Å². The molecule has 2 aliphatic heterocycles. The van der Waals surface area contributed by atoms with Gasteiger partial charge in [0.1, 0.15) is 5.82 Å². The van der Waals surface area contributed by atoms with Gasteiger partial charge in [0.25, 0.3) is 5.91 Å². The zero-order chi connectivity index (χ0) is 27.6. The Kier molecular flexibility index (Phi) is 7.57. The van der Waals surface area contributed by atoms with E-state index in [-0.39, 0.29) is 11.7 Å². The molecule has 1 amide bonds. The van der Waals surface area contributed by atoms with Gasteiger partial charge in [0, 0.05) is 70.3 Å². The fourth-order valence-corrected chi connectivity index (χ4v) is 5.52. The van der Waals surface area contributed by atoms with Crippen LogP contribution in [0, 0.1) is 5.82 Å². The molecule has 4 aromatic rings. The fourth-order valence-electron chi connectivity index (χ4n) is 5.04. The van der Waals surface area contributed by atoms with Crippen LogP contribution in [0.15, 0.2) is 77.9 Å². The van der Waals surface area contributed by atoms with Crippen molar-refractivity contribution in [2.24, 2.45) is 4.99 Å². The minimum Gasteiger partial charge on any atom is -0.336 e. The number of rotatable bonds is 5. The van der Waals surface area contributed by atoms with Crippen molar-refractivity contribution in [3.63, 3.8) is 0 Å². The Morgan fingerprint density at radius 1 is 0.975 bits per heavy atom. The largest absolute Gasteiger partial charge is 0.336 e. The topological polar surface area (TPSA) is 73.7 Å². The average molecular weight is 647 g/mol. The summed E-state index contributed by atoms with van der Waals surface area (Å²) in [5.41, 5.74) is 7.05. The highest BCUT2D eigenvalue weighted by Gasteiger charge is 2.23. The van der Waals surface area contributed by atoms with Gasteiger partial charge in [-0.15, -0.1) is 0 Å². The monoisotopic (exact) mass is 646 g/mol. The molecule has 40 heavy (non-hydrogen) atoms. The number of nitrogens with zero attached hydrogens (tertiary/aromatic N) is 5. The lowest BCUT2D eigenvalue weighted by Crippen LogP contribution is -2.47. The summed E-state index contributed by atoms with van der Waals surface area (Å²) in [6.45, 7) is 3.59. The van der Waals surface area contributed by atoms with E-state index < -0.39 is 0 Å². The second-order valence-corrected chi connectivity index (χ2v) is 10.8.